The number of carbonyl (C=O) groups is 4. The zero-order valence-corrected chi connectivity index (χ0v) is 24.2. The Labute approximate surface area is 230 Å². The van der Waals surface area contributed by atoms with Crippen LogP contribution >= 0.6 is 0 Å². The van der Waals surface area contributed by atoms with Crippen molar-refractivity contribution in [3.05, 3.63) is 23.8 Å². The minimum Gasteiger partial charge on any atom is -0.461 e. The number of benzene rings is 1. The van der Waals surface area contributed by atoms with E-state index in [2.05, 4.69) is 0 Å². The number of esters is 2. The van der Waals surface area contributed by atoms with Crippen LogP contribution in [0.25, 0.3) is 0 Å². The molecule has 0 saturated carbocycles. The van der Waals surface area contributed by atoms with Crippen molar-refractivity contribution >= 4 is 24.2 Å². The molecule has 0 unspecified atom stereocenters. The summed E-state index contributed by atoms with van der Waals surface area (Å²) in [5.41, 5.74) is 6.29. The third-order valence-corrected chi connectivity index (χ3v) is 4.69. The topological polar surface area (TPSA) is 150 Å². The second kappa shape index (κ2) is 15.9. The number of nitrogens with two attached hydrogens (primary N) is 1. The minimum atomic E-state index is -1.06. The highest BCUT2D eigenvalue weighted by molar-refractivity contribution is 5.76. The van der Waals surface area contributed by atoms with Crippen molar-refractivity contribution in [1.82, 2.24) is 0 Å². The van der Waals surface area contributed by atoms with Crippen LogP contribution in [0.5, 0.6) is 11.5 Å². The van der Waals surface area contributed by atoms with Crippen LogP contribution in [0, 0.1) is 17.3 Å². The number of ether oxygens (including phenoxy) is 6. The van der Waals surface area contributed by atoms with Crippen LogP contribution in [0.3, 0.4) is 0 Å². The lowest BCUT2D eigenvalue weighted by atomic mass is 9.92. The molecule has 2 N–H and O–H groups in total. The Kier molecular flexibility index (Phi) is 13.8. The van der Waals surface area contributed by atoms with Crippen molar-refractivity contribution in [2.45, 2.75) is 80.4 Å². The molecular weight excluding hydrogens is 510 g/mol. The van der Waals surface area contributed by atoms with Crippen LogP contribution in [0.1, 0.15) is 67.4 Å². The molecule has 1 aromatic rings. The smallest absolute Gasteiger partial charge is 0.461 e. The molecule has 0 amide bonds. The van der Waals surface area contributed by atoms with Crippen molar-refractivity contribution in [2.24, 2.45) is 23.0 Å². The zero-order chi connectivity index (χ0) is 29.8. The highest BCUT2D eigenvalue weighted by atomic mass is 16.7. The second-order valence-electron chi connectivity index (χ2n) is 11.4. The van der Waals surface area contributed by atoms with Crippen molar-refractivity contribution in [3.63, 3.8) is 0 Å². The van der Waals surface area contributed by atoms with E-state index < -0.39 is 30.4 Å². The molecule has 0 aromatic heterocycles. The Morgan fingerprint density at radius 1 is 0.795 bits per heavy atom. The fraction of sp³-hybridized carbons (Fsp3) is 0.643. The standard InChI is InChI=1S/C28H43NO10/c1-17(2)14-35-26(32)38-22-10-9-20(12-23(22)39-27(33)36-15-18(3)4)11-21(29)25(31)34-16-19(5)37-24(30)13-28(6,7)8/h9-10,12,17-19,21H,11,13-16,29H2,1-8H3/t19-,21-/m0/s1. The number of rotatable bonds is 13. The quantitative estimate of drug-likeness (QED) is 0.204. The second-order valence-corrected chi connectivity index (χ2v) is 11.4. The molecule has 0 aliphatic rings. The fourth-order valence-electron chi connectivity index (χ4n) is 2.93. The van der Waals surface area contributed by atoms with Crippen LogP contribution in [0.4, 0.5) is 9.59 Å². The highest BCUT2D eigenvalue weighted by Crippen LogP contribution is 2.30. The minimum absolute atomic E-state index is 0.0203. The van der Waals surface area contributed by atoms with Crippen molar-refractivity contribution in [1.29, 1.82) is 0 Å². The first-order chi connectivity index (χ1) is 18.1. The van der Waals surface area contributed by atoms with Gasteiger partial charge in [0.25, 0.3) is 0 Å². The molecule has 1 aromatic carbocycles. The Morgan fingerprint density at radius 3 is 1.85 bits per heavy atom. The summed E-state index contributed by atoms with van der Waals surface area (Å²) in [5.74, 6) is -1.09. The lowest BCUT2D eigenvalue weighted by Gasteiger charge is -2.20. The van der Waals surface area contributed by atoms with Gasteiger partial charge < -0.3 is 34.2 Å². The van der Waals surface area contributed by atoms with Crippen molar-refractivity contribution in [3.8, 4) is 11.5 Å². The summed E-state index contributed by atoms with van der Waals surface area (Å²) in [4.78, 5) is 48.6. The first-order valence-electron chi connectivity index (χ1n) is 13.0. The molecule has 11 heteroatoms. The van der Waals surface area contributed by atoms with E-state index in [0.29, 0.717) is 5.56 Å². The third kappa shape index (κ3) is 15.0. The number of hydrogen-bond acceptors (Lipinski definition) is 11. The molecule has 39 heavy (non-hydrogen) atoms. The van der Waals surface area contributed by atoms with Gasteiger partial charge in [-0.15, -0.1) is 0 Å². The van der Waals surface area contributed by atoms with Gasteiger partial charge in [-0.3, -0.25) is 9.59 Å². The van der Waals surface area contributed by atoms with Gasteiger partial charge in [-0.1, -0.05) is 54.5 Å². The monoisotopic (exact) mass is 553 g/mol. The average molecular weight is 554 g/mol. The largest absolute Gasteiger partial charge is 0.513 e. The van der Waals surface area contributed by atoms with E-state index in [0.717, 1.165) is 0 Å². The van der Waals surface area contributed by atoms with Gasteiger partial charge in [0.15, 0.2) is 11.5 Å². The van der Waals surface area contributed by atoms with E-state index in [-0.39, 0.29) is 67.4 Å². The van der Waals surface area contributed by atoms with Crippen LogP contribution < -0.4 is 15.2 Å². The zero-order valence-electron chi connectivity index (χ0n) is 24.2. The summed E-state index contributed by atoms with van der Waals surface area (Å²) in [6, 6.07) is 3.30. The van der Waals surface area contributed by atoms with Crippen molar-refractivity contribution in [2.75, 3.05) is 19.8 Å². The molecule has 0 spiro atoms. The van der Waals surface area contributed by atoms with E-state index in [4.69, 9.17) is 34.2 Å². The summed E-state index contributed by atoms with van der Waals surface area (Å²) >= 11 is 0. The number of carbonyl (C=O) groups excluding carboxylic acids is 4. The predicted octanol–water partition coefficient (Wildman–Crippen LogP) is 4.81. The van der Waals surface area contributed by atoms with Gasteiger partial charge >= 0.3 is 24.2 Å². The molecule has 0 radical (unpaired) electrons. The average Bonchev–Trinajstić information content (AvgIpc) is 2.80. The molecule has 0 aliphatic carbocycles. The lowest BCUT2D eigenvalue weighted by Crippen LogP contribution is -2.36. The molecule has 0 aliphatic heterocycles. The molecule has 2 atom stereocenters. The Bertz CT molecular complexity index is 968. The van der Waals surface area contributed by atoms with Crippen LogP contribution in [-0.4, -0.2) is 56.2 Å². The third-order valence-electron chi connectivity index (χ3n) is 4.69. The van der Waals surface area contributed by atoms with E-state index in [1.807, 2.05) is 48.5 Å². The molecule has 0 saturated heterocycles. The SMILES string of the molecule is CC(C)COC(=O)Oc1ccc(C[C@H](N)C(=O)OC[C@H](C)OC(=O)CC(C)(C)C)cc1OC(=O)OCC(C)C. The van der Waals surface area contributed by atoms with E-state index >= 15 is 0 Å². The highest BCUT2D eigenvalue weighted by Gasteiger charge is 2.23. The predicted molar refractivity (Wildman–Crippen MR) is 142 cm³/mol. The fourth-order valence-corrected chi connectivity index (χ4v) is 2.93. The molecule has 0 fully saturated rings. The molecule has 1 rings (SSSR count). The van der Waals surface area contributed by atoms with Crippen LogP contribution in [0.15, 0.2) is 18.2 Å². The summed E-state index contributed by atoms with van der Waals surface area (Å²) in [7, 11) is 0. The molecule has 220 valence electrons. The first-order valence-corrected chi connectivity index (χ1v) is 13.0. The van der Waals surface area contributed by atoms with E-state index in [9.17, 15) is 19.2 Å². The van der Waals surface area contributed by atoms with Crippen LogP contribution in [-0.2, 0) is 35.0 Å². The van der Waals surface area contributed by atoms with Gasteiger partial charge in [0.05, 0.1) is 19.6 Å². The van der Waals surface area contributed by atoms with Gasteiger partial charge in [0, 0.05) is 0 Å². The maximum absolute atomic E-state index is 12.4. The van der Waals surface area contributed by atoms with Gasteiger partial charge in [0.2, 0.25) is 0 Å². The lowest BCUT2D eigenvalue weighted by molar-refractivity contribution is -0.160. The normalized spacial score (nSPS) is 12.9. The molecule has 0 bridgehead atoms. The summed E-state index contributed by atoms with van der Waals surface area (Å²) < 4.78 is 31.0. The summed E-state index contributed by atoms with van der Waals surface area (Å²) in [6.07, 6.45) is -2.34. The van der Waals surface area contributed by atoms with E-state index in [1.165, 1.54) is 12.1 Å². The van der Waals surface area contributed by atoms with Gasteiger partial charge in [-0.05, 0) is 48.3 Å². The maximum atomic E-state index is 12.4. The maximum Gasteiger partial charge on any atom is 0.513 e. The molecule has 0 heterocycles. The van der Waals surface area contributed by atoms with Gasteiger partial charge in [-0.25, -0.2) is 9.59 Å². The Morgan fingerprint density at radius 2 is 1.33 bits per heavy atom. The Hall–Kier alpha value is -3.34. The van der Waals surface area contributed by atoms with Gasteiger partial charge in [-0.2, -0.15) is 0 Å². The Balaban J connectivity index is 2.84. The molecular formula is C28H43NO10. The number of hydrogen-bond donors (Lipinski definition) is 1. The first kappa shape index (κ1) is 33.7. The summed E-state index contributed by atoms with van der Waals surface area (Å²) in [6.45, 7) is 15.0. The van der Waals surface area contributed by atoms with E-state index in [1.54, 1.807) is 13.0 Å². The summed E-state index contributed by atoms with van der Waals surface area (Å²) in [5, 5.41) is 0. The van der Waals surface area contributed by atoms with Crippen molar-refractivity contribution < 1.29 is 47.6 Å². The van der Waals surface area contributed by atoms with Crippen LogP contribution in [0.2, 0.25) is 0 Å². The van der Waals surface area contributed by atoms with Gasteiger partial charge in [0.1, 0.15) is 18.8 Å². The molecule has 11 nitrogen and oxygen atoms in total.